The van der Waals surface area contributed by atoms with Gasteiger partial charge >= 0.3 is 5.97 Å². The van der Waals surface area contributed by atoms with Crippen LogP contribution in [0.25, 0.3) is 0 Å². The number of carboxylic acids is 1. The summed E-state index contributed by atoms with van der Waals surface area (Å²) >= 11 is 1.29. The number of hydrogen-bond acceptors (Lipinski definition) is 6. The topological polar surface area (TPSA) is 156 Å². The predicted molar refractivity (Wildman–Crippen MR) is 118 cm³/mol. The van der Waals surface area contributed by atoms with Gasteiger partial charge < -0.3 is 15.7 Å². The molecule has 1 unspecified atom stereocenters. The highest BCUT2D eigenvalue weighted by atomic mass is 32.2. The van der Waals surface area contributed by atoms with E-state index in [1.54, 1.807) is 31.2 Å². The Balaban J connectivity index is 1.93. The normalized spacial score (nSPS) is 12.7. The van der Waals surface area contributed by atoms with Gasteiger partial charge in [-0.15, -0.1) is 11.8 Å². The smallest absolute Gasteiger partial charge is 0.331 e. The highest BCUT2D eigenvalue weighted by Gasteiger charge is 2.15. The summed E-state index contributed by atoms with van der Waals surface area (Å²) in [6.07, 6.45) is 0.993. The van der Waals surface area contributed by atoms with Crippen molar-refractivity contribution in [1.29, 1.82) is 0 Å². The molecule has 31 heavy (non-hydrogen) atoms. The molecule has 0 fully saturated rings. The number of carbonyl (C=O) groups excluding carboxylic acids is 2. The third-order valence-electron chi connectivity index (χ3n) is 3.94. The molecule has 2 rings (SSSR count). The number of sulfonamides is 1. The van der Waals surface area contributed by atoms with E-state index in [0.717, 1.165) is 11.0 Å². The van der Waals surface area contributed by atoms with Crippen LogP contribution in [0.5, 0.6) is 0 Å². The standard InChI is InChI=1S/C20H21N3O6S2/c1-12(20(26)27)11-18(24)22-14-3-7-16(8-4-14)30-13(2)19(25)23-15-5-9-17(10-6-15)31(21,28)29/h3-11,13H,1-2H3,(H,22,24)(H,23,25)(H,26,27)(H2,21,28,29). The van der Waals surface area contributed by atoms with E-state index in [2.05, 4.69) is 10.6 Å². The fourth-order valence-corrected chi connectivity index (χ4v) is 3.67. The number of anilines is 2. The summed E-state index contributed by atoms with van der Waals surface area (Å²) in [6.45, 7) is 3.04. The van der Waals surface area contributed by atoms with Crippen LogP contribution in [0.4, 0.5) is 11.4 Å². The van der Waals surface area contributed by atoms with Crippen LogP contribution in [-0.2, 0) is 24.4 Å². The average Bonchev–Trinajstić information content (AvgIpc) is 2.69. The van der Waals surface area contributed by atoms with Gasteiger partial charge in [0.25, 0.3) is 0 Å². The Labute approximate surface area is 183 Å². The molecule has 0 aliphatic rings. The van der Waals surface area contributed by atoms with Crippen molar-refractivity contribution in [3.63, 3.8) is 0 Å². The molecule has 2 aromatic carbocycles. The van der Waals surface area contributed by atoms with Crippen molar-refractivity contribution < 1.29 is 27.9 Å². The van der Waals surface area contributed by atoms with Crippen molar-refractivity contribution in [2.75, 3.05) is 10.6 Å². The van der Waals surface area contributed by atoms with E-state index >= 15 is 0 Å². The van der Waals surface area contributed by atoms with Gasteiger partial charge in [0, 0.05) is 27.9 Å². The van der Waals surface area contributed by atoms with Crippen LogP contribution in [0.1, 0.15) is 13.8 Å². The van der Waals surface area contributed by atoms with Crippen LogP contribution in [-0.4, -0.2) is 36.6 Å². The summed E-state index contributed by atoms with van der Waals surface area (Å²) in [7, 11) is -3.80. The zero-order valence-electron chi connectivity index (χ0n) is 16.7. The Morgan fingerprint density at radius 3 is 2.03 bits per heavy atom. The van der Waals surface area contributed by atoms with Crippen LogP contribution >= 0.6 is 11.8 Å². The van der Waals surface area contributed by atoms with Gasteiger partial charge in [0.05, 0.1) is 10.1 Å². The first-order valence-electron chi connectivity index (χ1n) is 8.89. The Morgan fingerprint density at radius 2 is 1.52 bits per heavy atom. The molecule has 2 amide bonds. The van der Waals surface area contributed by atoms with E-state index in [4.69, 9.17) is 10.2 Å². The van der Waals surface area contributed by atoms with Crippen LogP contribution in [0.2, 0.25) is 0 Å². The number of nitrogens with two attached hydrogens (primary N) is 1. The Bertz CT molecular complexity index is 1110. The second kappa shape index (κ2) is 10.2. The zero-order chi connectivity index (χ0) is 23.2. The van der Waals surface area contributed by atoms with Gasteiger partial charge in [0.1, 0.15) is 0 Å². The number of thioether (sulfide) groups is 1. The third kappa shape index (κ3) is 7.55. The molecule has 0 saturated carbocycles. The minimum absolute atomic E-state index is 0.0475. The lowest BCUT2D eigenvalue weighted by Crippen LogP contribution is -2.22. The van der Waals surface area contributed by atoms with Crippen molar-refractivity contribution in [1.82, 2.24) is 0 Å². The molecule has 0 radical (unpaired) electrons. The maximum absolute atomic E-state index is 12.4. The maximum Gasteiger partial charge on any atom is 0.331 e. The zero-order valence-corrected chi connectivity index (χ0v) is 18.3. The molecule has 5 N–H and O–H groups in total. The van der Waals surface area contributed by atoms with Gasteiger partial charge in [-0.05, 0) is 62.4 Å². The van der Waals surface area contributed by atoms with E-state index in [0.29, 0.717) is 11.4 Å². The Kier molecular flexibility index (Phi) is 7.97. The molecule has 0 aliphatic heterocycles. The number of hydrogen-bond donors (Lipinski definition) is 4. The van der Waals surface area contributed by atoms with Gasteiger partial charge in [0.2, 0.25) is 21.8 Å². The highest BCUT2D eigenvalue weighted by molar-refractivity contribution is 8.00. The minimum Gasteiger partial charge on any atom is -0.478 e. The lowest BCUT2D eigenvalue weighted by molar-refractivity contribution is -0.132. The Morgan fingerprint density at radius 1 is 1.00 bits per heavy atom. The monoisotopic (exact) mass is 463 g/mol. The number of benzene rings is 2. The SMILES string of the molecule is CC(=CC(=O)Nc1ccc(SC(C)C(=O)Nc2ccc(S(N)(=O)=O)cc2)cc1)C(=O)O. The number of rotatable bonds is 8. The number of primary sulfonamides is 1. The molecule has 0 spiro atoms. The second-order valence-corrected chi connectivity index (χ2v) is 9.44. The van der Waals surface area contributed by atoms with Crippen LogP contribution in [0.3, 0.4) is 0 Å². The summed E-state index contributed by atoms with van der Waals surface area (Å²) in [6, 6.07) is 12.2. The quantitative estimate of drug-likeness (QED) is 0.346. The largest absolute Gasteiger partial charge is 0.478 e. The van der Waals surface area contributed by atoms with Gasteiger partial charge in [-0.1, -0.05) is 0 Å². The molecule has 11 heteroatoms. The lowest BCUT2D eigenvalue weighted by Gasteiger charge is -2.13. The molecule has 0 heterocycles. The van der Waals surface area contributed by atoms with Crippen molar-refractivity contribution >= 4 is 50.9 Å². The molecule has 164 valence electrons. The van der Waals surface area contributed by atoms with Crippen LogP contribution < -0.4 is 15.8 Å². The van der Waals surface area contributed by atoms with Gasteiger partial charge in [-0.2, -0.15) is 0 Å². The van der Waals surface area contributed by atoms with Gasteiger partial charge in [0.15, 0.2) is 0 Å². The summed E-state index contributed by atoms with van der Waals surface area (Å²) in [5.74, 6) is -2.00. The molecule has 1 atom stereocenters. The summed E-state index contributed by atoms with van der Waals surface area (Å²) < 4.78 is 22.5. The fraction of sp³-hybridized carbons (Fsp3) is 0.150. The number of aliphatic carboxylic acids is 1. The van der Waals surface area contributed by atoms with Crippen LogP contribution in [0.15, 0.2) is 70.0 Å². The van der Waals surface area contributed by atoms with Crippen molar-refractivity contribution in [3.05, 3.63) is 60.2 Å². The number of nitrogens with one attached hydrogen (secondary N) is 2. The minimum atomic E-state index is -3.80. The van der Waals surface area contributed by atoms with Gasteiger partial charge in [-0.25, -0.2) is 18.4 Å². The van der Waals surface area contributed by atoms with E-state index in [1.165, 1.54) is 43.0 Å². The van der Waals surface area contributed by atoms with E-state index in [1.807, 2.05) is 0 Å². The first kappa shape index (κ1) is 24.1. The number of carboxylic acid groups (broad SMARTS) is 1. The second-order valence-electron chi connectivity index (χ2n) is 6.46. The average molecular weight is 464 g/mol. The van der Waals surface area contributed by atoms with E-state index < -0.39 is 27.1 Å². The highest BCUT2D eigenvalue weighted by Crippen LogP contribution is 2.26. The number of amides is 2. The van der Waals surface area contributed by atoms with Crippen molar-refractivity contribution in [3.8, 4) is 0 Å². The molecule has 0 aliphatic carbocycles. The summed E-state index contributed by atoms with van der Waals surface area (Å²) in [5, 5.41) is 18.6. The molecule has 0 aromatic heterocycles. The third-order valence-corrected chi connectivity index (χ3v) is 5.98. The number of carbonyl (C=O) groups is 3. The lowest BCUT2D eigenvalue weighted by atomic mass is 10.2. The van der Waals surface area contributed by atoms with Crippen LogP contribution in [0, 0.1) is 0 Å². The molecule has 2 aromatic rings. The van der Waals surface area contributed by atoms with Gasteiger partial charge in [-0.3, -0.25) is 9.59 Å². The maximum atomic E-state index is 12.4. The molecule has 0 saturated heterocycles. The first-order chi connectivity index (χ1) is 14.5. The van der Waals surface area contributed by atoms with E-state index in [-0.39, 0.29) is 16.4 Å². The Hall–Kier alpha value is -3.15. The summed E-state index contributed by atoms with van der Waals surface area (Å²) in [5.41, 5.74) is 0.840. The van der Waals surface area contributed by atoms with Crippen molar-refractivity contribution in [2.45, 2.75) is 28.9 Å². The van der Waals surface area contributed by atoms with Crippen molar-refractivity contribution in [2.24, 2.45) is 5.14 Å². The fourth-order valence-electron chi connectivity index (χ4n) is 2.28. The molecule has 9 nitrogen and oxygen atoms in total. The molecule has 0 bridgehead atoms. The van der Waals surface area contributed by atoms with E-state index in [9.17, 15) is 22.8 Å². The summed E-state index contributed by atoms with van der Waals surface area (Å²) in [4.78, 5) is 35.6. The predicted octanol–water partition coefficient (Wildman–Crippen LogP) is 2.42. The molecular weight excluding hydrogens is 442 g/mol. The first-order valence-corrected chi connectivity index (χ1v) is 11.3. The molecular formula is C20H21N3O6S2.